The molecule has 110 valence electrons. The first-order chi connectivity index (χ1) is 9.56. The highest BCUT2D eigenvalue weighted by Crippen LogP contribution is 2.16. The lowest BCUT2D eigenvalue weighted by molar-refractivity contribution is 0.0925. The Morgan fingerprint density at radius 1 is 1.45 bits per heavy atom. The second-order valence-corrected chi connectivity index (χ2v) is 5.95. The van der Waals surface area contributed by atoms with Gasteiger partial charge in [0.05, 0.1) is 10.6 Å². The van der Waals surface area contributed by atoms with Crippen molar-refractivity contribution in [2.75, 3.05) is 19.6 Å². The first kappa shape index (κ1) is 15.3. The molecule has 0 bridgehead atoms. The van der Waals surface area contributed by atoms with Gasteiger partial charge < -0.3 is 10.2 Å². The summed E-state index contributed by atoms with van der Waals surface area (Å²) in [7, 11) is 0. The Balaban J connectivity index is 1.89. The predicted octanol–water partition coefficient (Wildman–Crippen LogP) is 2.65. The summed E-state index contributed by atoms with van der Waals surface area (Å²) in [4.78, 5) is 18.7. The molecule has 1 atom stereocenters. The first-order valence-electron chi connectivity index (χ1n) is 7.21. The Morgan fingerprint density at radius 3 is 2.80 bits per heavy atom. The van der Waals surface area contributed by atoms with E-state index >= 15 is 0 Å². The lowest BCUT2D eigenvalue weighted by atomic mass is 10.1. The van der Waals surface area contributed by atoms with Crippen LogP contribution in [0.25, 0.3) is 0 Å². The van der Waals surface area contributed by atoms with E-state index in [0.29, 0.717) is 10.6 Å². The fourth-order valence-electron chi connectivity index (χ4n) is 2.57. The van der Waals surface area contributed by atoms with Gasteiger partial charge in [0.15, 0.2) is 0 Å². The molecule has 1 aliphatic rings. The Morgan fingerprint density at radius 2 is 2.15 bits per heavy atom. The van der Waals surface area contributed by atoms with Gasteiger partial charge in [-0.15, -0.1) is 0 Å². The second kappa shape index (κ2) is 7.04. The maximum absolute atomic E-state index is 12.2. The largest absolute Gasteiger partial charge is 0.348 e. The van der Waals surface area contributed by atoms with Gasteiger partial charge in [-0.05, 0) is 45.8 Å². The maximum atomic E-state index is 12.2. The molecule has 0 aromatic carbocycles. The molecule has 1 saturated heterocycles. The standard InChI is InChI=1S/C15H22ClN3O/c1-11-8-14(16)13(9-17-11)15(20)18-12(2)10-19-6-4-3-5-7-19/h8-9,12H,3-7,10H2,1-2H3,(H,18,20). The van der Waals surface area contributed by atoms with Gasteiger partial charge in [-0.1, -0.05) is 18.0 Å². The Kier molecular flexibility index (Phi) is 5.38. The average molecular weight is 296 g/mol. The van der Waals surface area contributed by atoms with Crippen molar-refractivity contribution < 1.29 is 4.79 Å². The van der Waals surface area contributed by atoms with Crippen LogP contribution in [0, 0.1) is 6.92 Å². The van der Waals surface area contributed by atoms with Gasteiger partial charge in [0, 0.05) is 24.5 Å². The van der Waals surface area contributed by atoms with Crippen LogP contribution in [0.5, 0.6) is 0 Å². The molecule has 2 heterocycles. The number of nitrogens with zero attached hydrogens (tertiary/aromatic N) is 2. The van der Waals surface area contributed by atoms with E-state index in [0.717, 1.165) is 25.3 Å². The summed E-state index contributed by atoms with van der Waals surface area (Å²) >= 11 is 6.09. The monoisotopic (exact) mass is 295 g/mol. The van der Waals surface area contributed by atoms with Crippen LogP contribution in [0.2, 0.25) is 5.02 Å². The summed E-state index contributed by atoms with van der Waals surface area (Å²) in [5.41, 5.74) is 1.26. The number of carbonyl (C=O) groups is 1. The fourth-order valence-corrected chi connectivity index (χ4v) is 2.86. The van der Waals surface area contributed by atoms with Gasteiger partial charge in [-0.2, -0.15) is 0 Å². The number of hydrogen-bond donors (Lipinski definition) is 1. The highest BCUT2D eigenvalue weighted by Gasteiger charge is 2.17. The normalized spacial score (nSPS) is 17.8. The third kappa shape index (κ3) is 4.18. The average Bonchev–Trinajstić information content (AvgIpc) is 2.39. The van der Waals surface area contributed by atoms with Gasteiger partial charge in [0.1, 0.15) is 0 Å². The smallest absolute Gasteiger partial charge is 0.254 e. The fraction of sp³-hybridized carbons (Fsp3) is 0.600. The van der Waals surface area contributed by atoms with E-state index in [2.05, 4.69) is 15.2 Å². The van der Waals surface area contributed by atoms with Crippen molar-refractivity contribution in [3.8, 4) is 0 Å². The van der Waals surface area contributed by atoms with Gasteiger partial charge in [0.2, 0.25) is 0 Å². The minimum Gasteiger partial charge on any atom is -0.348 e. The van der Waals surface area contributed by atoms with Crippen molar-refractivity contribution in [3.05, 3.63) is 28.5 Å². The van der Waals surface area contributed by atoms with Crippen molar-refractivity contribution in [1.29, 1.82) is 0 Å². The SMILES string of the molecule is Cc1cc(Cl)c(C(=O)NC(C)CN2CCCCC2)cn1. The van der Waals surface area contributed by atoms with Gasteiger partial charge in [0.25, 0.3) is 5.91 Å². The highest BCUT2D eigenvalue weighted by molar-refractivity contribution is 6.33. The zero-order valence-electron chi connectivity index (χ0n) is 12.2. The molecular formula is C15H22ClN3O. The molecule has 0 spiro atoms. The number of piperidine rings is 1. The van der Waals surface area contributed by atoms with Crippen LogP contribution < -0.4 is 5.32 Å². The molecule has 2 rings (SSSR count). The van der Waals surface area contributed by atoms with Crippen LogP contribution in [0.4, 0.5) is 0 Å². The van der Waals surface area contributed by atoms with Crippen LogP contribution in [-0.4, -0.2) is 41.5 Å². The zero-order chi connectivity index (χ0) is 14.5. The van der Waals surface area contributed by atoms with Crippen molar-refractivity contribution in [2.45, 2.75) is 39.2 Å². The maximum Gasteiger partial charge on any atom is 0.254 e. The van der Waals surface area contributed by atoms with Gasteiger partial charge in [-0.3, -0.25) is 9.78 Å². The summed E-state index contributed by atoms with van der Waals surface area (Å²) in [6.45, 7) is 7.04. The molecular weight excluding hydrogens is 274 g/mol. The minimum absolute atomic E-state index is 0.109. The predicted molar refractivity (Wildman–Crippen MR) is 81.2 cm³/mol. The molecule has 0 saturated carbocycles. The second-order valence-electron chi connectivity index (χ2n) is 5.54. The molecule has 0 radical (unpaired) electrons. The zero-order valence-corrected chi connectivity index (χ0v) is 12.9. The number of aryl methyl sites for hydroxylation is 1. The first-order valence-corrected chi connectivity index (χ1v) is 7.59. The van der Waals surface area contributed by atoms with Crippen LogP contribution >= 0.6 is 11.6 Å². The molecule has 20 heavy (non-hydrogen) atoms. The Bertz CT molecular complexity index is 472. The number of carbonyl (C=O) groups excluding carboxylic acids is 1. The highest BCUT2D eigenvalue weighted by atomic mass is 35.5. The topological polar surface area (TPSA) is 45.2 Å². The van der Waals surface area contributed by atoms with E-state index in [4.69, 9.17) is 11.6 Å². The minimum atomic E-state index is -0.146. The summed E-state index contributed by atoms with van der Waals surface area (Å²) in [5, 5.41) is 3.46. The molecule has 1 N–H and O–H groups in total. The van der Waals surface area contributed by atoms with E-state index in [-0.39, 0.29) is 11.9 Å². The quantitative estimate of drug-likeness (QED) is 0.929. The molecule has 1 aliphatic heterocycles. The van der Waals surface area contributed by atoms with Crippen LogP contribution in [0.15, 0.2) is 12.3 Å². The summed E-state index contributed by atoms with van der Waals surface area (Å²) in [6, 6.07) is 1.82. The number of likely N-dealkylation sites (tertiary alicyclic amines) is 1. The lowest BCUT2D eigenvalue weighted by Crippen LogP contribution is -2.43. The number of rotatable bonds is 4. The third-order valence-corrected chi connectivity index (χ3v) is 3.91. The molecule has 4 nitrogen and oxygen atoms in total. The van der Waals surface area contributed by atoms with E-state index in [1.165, 1.54) is 19.3 Å². The molecule has 1 aromatic heterocycles. The van der Waals surface area contributed by atoms with Crippen LogP contribution in [-0.2, 0) is 0 Å². The van der Waals surface area contributed by atoms with Crippen molar-refractivity contribution in [3.63, 3.8) is 0 Å². The van der Waals surface area contributed by atoms with Gasteiger partial charge >= 0.3 is 0 Å². The molecule has 1 aromatic rings. The third-order valence-electron chi connectivity index (χ3n) is 3.59. The van der Waals surface area contributed by atoms with Crippen LogP contribution in [0.1, 0.15) is 42.2 Å². The number of pyridine rings is 1. The molecule has 1 fully saturated rings. The van der Waals surface area contributed by atoms with Crippen molar-refractivity contribution >= 4 is 17.5 Å². The van der Waals surface area contributed by atoms with Crippen molar-refractivity contribution in [1.82, 2.24) is 15.2 Å². The Labute approximate surface area is 125 Å². The van der Waals surface area contributed by atoms with Gasteiger partial charge in [-0.25, -0.2) is 0 Å². The molecule has 0 aliphatic carbocycles. The number of amides is 1. The summed E-state index contributed by atoms with van der Waals surface area (Å²) in [5.74, 6) is -0.146. The Hall–Kier alpha value is -1.13. The number of nitrogens with one attached hydrogen (secondary N) is 1. The number of hydrogen-bond acceptors (Lipinski definition) is 3. The van der Waals surface area contributed by atoms with E-state index in [9.17, 15) is 4.79 Å². The molecule has 1 amide bonds. The molecule has 1 unspecified atom stereocenters. The lowest BCUT2D eigenvalue weighted by Gasteiger charge is -2.29. The number of aromatic nitrogens is 1. The summed E-state index contributed by atoms with van der Waals surface area (Å²) < 4.78 is 0. The molecule has 5 heteroatoms. The van der Waals surface area contributed by atoms with E-state index < -0.39 is 0 Å². The van der Waals surface area contributed by atoms with Crippen LogP contribution in [0.3, 0.4) is 0 Å². The number of halogens is 1. The van der Waals surface area contributed by atoms with Crippen molar-refractivity contribution in [2.24, 2.45) is 0 Å². The van der Waals surface area contributed by atoms with E-state index in [1.54, 1.807) is 12.3 Å². The summed E-state index contributed by atoms with van der Waals surface area (Å²) in [6.07, 6.45) is 5.38. The van der Waals surface area contributed by atoms with E-state index in [1.807, 2.05) is 13.8 Å².